The van der Waals surface area contributed by atoms with Crippen LogP contribution in [0.4, 0.5) is 0 Å². The zero-order chi connectivity index (χ0) is 23.9. The van der Waals surface area contributed by atoms with E-state index in [1.807, 2.05) is 12.1 Å². The molecule has 8 nitrogen and oxygen atoms in total. The van der Waals surface area contributed by atoms with Crippen LogP contribution in [0.5, 0.6) is 11.6 Å². The minimum Gasteiger partial charge on any atom is -0.449 e. The maximum Gasteiger partial charge on any atom is 0.339 e. The number of rotatable bonds is 4. The molecule has 1 atom stereocenters. The van der Waals surface area contributed by atoms with E-state index < -0.39 is 5.60 Å². The van der Waals surface area contributed by atoms with Gasteiger partial charge in [0.05, 0.1) is 28.3 Å². The average molecular weight is 478 g/mol. The summed E-state index contributed by atoms with van der Waals surface area (Å²) in [5.41, 5.74) is 1.29. The van der Waals surface area contributed by atoms with Crippen LogP contribution >= 0.6 is 11.6 Å². The number of pyridine rings is 1. The molecule has 2 aliphatic heterocycles. The van der Waals surface area contributed by atoms with Gasteiger partial charge in [0.1, 0.15) is 5.75 Å². The lowest BCUT2D eigenvalue weighted by Gasteiger charge is -2.24. The van der Waals surface area contributed by atoms with Crippen molar-refractivity contribution in [2.75, 3.05) is 20.1 Å². The zero-order valence-electron chi connectivity index (χ0n) is 18.2. The molecule has 9 heteroatoms. The van der Waals surface area contributed by atoms with Crippen LogP contribution in [0.2, 0.25) is 5.02 Å². The van der Waals surface area contributed by atoms with Gasteiger partial charge in [-0.05, 0) is 24.3 Å². The summed E-state index contributed by atoms with van der Waals surface area (Å²) in [5, 5.41) is 2.75. The van der Waals surface area contributed by atoms with E-state index in [0.717, 1.165) is 5.56 Å². The molecule has 0 unspecified atom stereocenters. The summed E-state index contributed by atoms with van der Waals surface area (Å²) >= 11 is 6.42. The summed E-state index contributed by atoms with van der Waals surface area (Å²) < 4.78 is 11.4. The number of fused-ring (bicyclic) bond motifs is 2. The molecule has 3 heterocycles. The van der Waals surface area contributed by atoms with Crippen molar-refractivity contribution >= 4 is 29.4 Å². The fourth-order valence-corrected chi connectivity index (χ4v) is 4.60. The molecule has 0 bridgehead atoms. The molecule has 1 aromatic heterocycles. The van der Waals surface area contributed by atoms with Gasteiger partial charge in [0.15, 0.2) is 5.60 Å². The highest BCUT2D eigenvalue weighted by Gasteiger charge is 2.51. The predicted octanol–water partition coefficient (Wildman–Crippen LogP) is 3.80. The van der Waals surface area contributed by atoms with Gasteiger partial charge >= 0.3 is 5.97 Å². The maximum atomic E-state index is 13.2. The summed E-state index contributed by atoms with van der Waals surface area (Å²) in [6.45, 7) is 0.710. The molecule has 2 aliphatic rings. The third kappa shape index (κ3) is 3.76. The molecule has 0 aliphatic carbocycles. The van der Waals surface area contributed by atoms with E-state index in [1.54, 1.807) is 54.4 Å². The van der Waals surface area contributed by atoms with Crippen LogP contribution in [0.25, 0.3) is 0 Å². The third-order valence-electron chi connectivity index (χ3n) is 6.06. The normalized spacial score (nSPS) is 18.5. The van der Waals surface area contributed by atoms with Crippen LogP contribution < -0.4 is 10.1 Å². The molecule has 1 saturated heterocycles. The van der Waals surface area contributed by atoms with E-state index in [9.17, 15) is 14.4 Å². The first-order chi connectivity index (χ1) is 16.4. The van der Waals surface area contributed by atoms with Crippen molar-refractivity contribution in [1.82, 2.24) is 15.2 Å². The van der Waals surface area contributed by atoms with E-state index in [-0.39, 0.29) is 35.2 Å². The molecule has 34 heavy (non-hydrogen) atoms. The van der Waals surface area contributed by atoms with Gasteiger partial charge in [-0.15, -0.1) is 0 Å². The molecule has 0 saturated carbocycles. The molecule has 2 aromatic carbocycles. The van der Waals surface area contributed by atoms with Crippen molar-refractivity contribution < 1.29 is 23.9 Å². The smallest absolute Gasteiger partial charge is 0.339 e. The number of carbonyl (C=O) groups excluding carboxylic acids is 3. The van der Waals surface area contributed by atoms with E-state index >= 15 is 0 Å². The molecule has 172 valence electrons. The molecule has 0 radical (unpaired) electrons. The number of nitrogens with zero attached hydrogens (tertiary/aromatic N) is 2. The second-order valence-corrected chi connectivity index (χ2v) is 8.52. The number of aromatic nitrogens is 1. The summed E-state index contributed by atoms with van der Waals surface area (Å²) in [7, 11) is 1.54. The molecule has 2 amide bonds. The number of nitrogens with one attached hydrogen (secondary N) is 1. The van der Waals surface area contributed by atoms with Gasteiger partial charge in [0, 0.05) is 43.9 Å². The van der Waals surface area contributed by atoms with Crippen LogP contribution in [0.1, 0.15) is 43.1 Å². The van der Waals surface area contributed by atoms with E-state index in [1.165, 1.54) is 6.20 Å². The maximum absolute atomic E-state index is 13.2. The average Bonchev–Trinajstić information content (AvgIpc) is 3.40. The number of hydrogen-bond acceptors (Lipinski definition) is 6. The monoisotopic (exact) mass is 477 g/mol. The molecule has 3 aromatic rings. The fraction of sp³-hybridized carbons (Fsp3) is 0.200. The number of benzene rings is 2. The van der Waals surface area contributed by atoms with Gasteiger partial charge < -0.3 is 19.7 Å². The largest absolute Gasteiger partial charge is 0.449 e. The Balaban J connectivity index is 1.30. The first kappa shape index (κ1) is 21.9. The summed E-state index contributed by atoms with van der Waals surface area (Å²) in [6, 6.07) is 15.2. The Morgan fingerprint density at radius 1 is 1.18 bits per heavy atom. The van der Waals surface area contributed by atoms with Gasteiger partial charge in [-0.1, -0.05) is 29.8 Å². The lowest BCUT2D eigenvalue weighted by molar-refractivity contribution is -0.00307. The van der Waals surface area contributed by atoms with Gasteiger partial charge in [-0.25, -0.2) is 9.78 Å². The Kier molecular flexibility index (Phi) is 5.45. The number of esters is 1. The first-order valence-corrected chi connectivity index (χ1v) is 11.1. The number of halogens is 1. The summed E-state index contributed by atoms with van der Waals surface area (Å²) in [6.07, 6.45) is 1.93. The lowest BCUT2D eigenvalue weighted by atomic mass is 9.91. The second kappa shape index (κ2) is 8.46. The quantitative estimate of drug-likeness (QED) is 0.574. The highest BCUT2D eigenvalue weighted by molar-refractivity contribution is 6.34. The number of ether oxygens (including phenoxy) is 2. The highest BCUT2D eigenvalue weighted by Crippen LogP contribution is 2.43. The van der Waals surface area contributed by atoms with Crippen molar-refractivity contribution in [3.63, 3.8) is 0 Å². The van der Waals surface area contributed by atoms with E-state index in [0.29, 0.717) is 35.4 Å². The topological polar surface area (TPSA) is 97.8 Å². The van der Waals surface area contributed by atoms with Crippen LogP contribution in [-0.2, 0) is 10.3 Å². The lowest BCUT2D eigenvalue weighted by Crippen LogP contribution is -2.34. The third-order valence-corrected chi connectivity index (χ3v) is 6.38. The van der Waals surface area contributed by atoms with Gasteiger partial charge in [0.25, 0.3) is 11.8 Å². The van der Waals surface area contributed by atoms with E-state index in [2.05, 4.69) is 10.3 Å². The van der Waals surface area contributed by atoms with Gasteiger partial charge in [0.2, 0.25) is 5.88 Å². The standard InChI is InChI=1S/C25H20ClN3O5/c1-27-22(30)15-6-9-21(28-13-15)33-16-7-8-18(20(26)12-16)23(31)29-11-10-25(14-29)19-5-3-2-4-17(19)24(32)34-25/h2-9,12-13H,10-11,14H2,1H3,(H,27,30)/t25-/m0/s1. The molecule has 5 rings (SSSR count). The fourth-order valence-electron chi connectivity index (χ4n) is 4.35. The molecule has 1 fully saturated rings. The van der Waals surface area contributed by atoms with Crippen LogP contribution in [0, 0.1) is 0 Å². The van der Waals surface area contributed by atoms with E-state index in [4.69, 9.17) is 21.1 Å². The minimum absolute atomic E-state index is 0.231. The Morgan fingerprint density at radius 2 is 2.00 bits per heavy atom. The van der Waals surface area contributed by atoms with Crippen molar-refractivity contribution in [2.24, 2.45) is 0 Å². The van der Waals surface area contributed by atoms with Crippen LogP contribution in [-0.4, -0.2) is 47.8 Å². The Labute approximate surface area is 200 Å². The van der Waals surface area contributed by atoms with Crippen molar-refractivity contribution in [3.8, 4) is 11.6 Å². The number of carbonyl (C=O) groups is 3. The zero-order valence-corrected chi connectivity index (χ0v) is 19.0. The Bertz CT molecular complexity index is 1310. The van der Waals surface area contributed by atoms with Crippen molar-refractivity contribution in [3.05, 3.63) is 88.1 Å². The molecule has 1 spiro atoms. The molecular formula is C25H20ClN3O5. The summed E-state index contributed by atoms with van der Waals surface area (Å²) in [5.74, 6) is -0.169. The highest BCUT2D eigenvalue weighted by atomic mass is 35.5. The molecule has 1 N–H and O–H groups in total. The SMILES string of the molecule is CNC(=O)c1ccc(Oc2ccc(C(=O)N3CC[C@@]4(C3)OC(=O)c3ccccc34)c(Cl)c2)nc1. The summed E-state index contributed by atoms with van der Waals surface area (Å²) in [4.78, 5) is 42.9. The van der Waals surface area contributed by atoms with Crippen molar-refractivity contribution in [2.45, 2.75) is 12.0 Å². The minimum atomic E-state index is -0.814. The van der Waals surface area contributed by atoms with Gasteiger partial charge in [-0.2, -0.15) is 0 Å². The van der Waals surface area contributed by atoms with Crippen LogP contribution in [0.15, 0.2) is 60.8 Å². The number of likely N-dealkylation sites (tertiary alicyclic amines) is 1. The Hall–Kier alpha value is -3.91. The second-order valence-electron chi connectivity index (χ2n) is 8.11. The predicted molar refractivity (Wildman–Crippen MR) is 123 cm³/mol. The van der Waals surface area contributed by atoms with Gasteiger partial charge in [-0.3, -0.25) is 9.59 Å². The van der Waals surface area contributed by atoms with Crippen LogP contribution in [0.3, 0.4) is 0 Å². The number of hydrogen-bond donors (Lipinski definition) is 1. The molecular weight excluding hydrogens is 458 g/mol. The number of amides is 2. The Morgan fingerprint density at radius 3 is 2.74 bits per heavy atom. The van der Waals surface area contributed by atoms with Crippen molar-refractivity contribution in [1.29, 1.82) is 0 Å². The first-order valence-electron chi connectivity index (χ1n) is 10.7.